The van der Waals surface area contributed by atoms with Crippen molar-refractivity contribution in [3.63, 3.8) is 0 Å². The van der Waals surface area contributed by atoms with Gasteiger partial charge in [0.15, 0.2) is 0 Å². The Morgan fingerprint density at radius 3 is 3.17 bits per heavy atom. The lowest BCUT2D eigenvalue weighted by molar-refractivity contribution is 0.402. The lowest BCUT2D eigenvalue weighted by atomic mass is 10.3. The van der Waals surface area contributed by atoms with E-state index in [0.717, 1.165) is 10.2 Å². The van der Waals surface area contributed by atoms with Crippen LogP contribution in [0.3, 0.4) is 0 Å². The average molecular weight is 180 g/mol. The van der Waals surface area contributed by atoms with E-state index in [1.165, 1.54) is 0 Å². The minimum atomic E-state index is 0.501. The molecule has 0 saturated carbocycles. The third-order valence-corrected chi connectivity index (χ3v) is 2.48. The van der Waals surface area contributed by atoms with Crippen molar-refractivity contribution in [3.8, 4) is 5.88 Å². The van der Waals surface area contributed by atoms with Crippen LogP contribution in [-0.4, -0.2) is 12.1 Å². The van der Waals surface area contributed by atoms with Gasteiger partial charge in [-0.1, -0.05) is 0 Å². The Bertz CT molecular complexity index is 410. The fourth-order valence-corrected chi connectivity index (χ4v) is 1.83. The third-order valence-electron chi connectivity index (χ3n) is 1.62. The van der Waals surface area contributed by atoms with Crippen molar-refractivity contribution < 1.29 is 4.74 Å². The summed E-state index contributed by atoms with van der Waals surface area (Å²) in [6, 6.07) is 3.83. The highest BCUT2D eigenvalue weighted by atomic mass is 32.1. The van der Waals surface area contributed by atoms with Crippen LogP contribution in [0.1, 0.15) is 0 Å². The maximum atomic E-state index is 5.68. The van der Waals surface area contributed by atoms with E-state index >= 15 is 0 Å². The van der Waals surface area contributed by atoms with Crippen molar-refractivity contribution >= 4 is 27.2 Å². The molecule has 0 aliphatic rings. The zero-order valence-corrected chi connectivity index (χ0v) is 7.39. The number of nitrogen functional groups attached to an aromatic ring is 1. The molecule has 0 amide bonds. The molecule has 2 heterocycles. The molecule has 2 aromatic rings. The van der Waals surface area contributed by atoms with Crippen molar-refractivity contribution in [2.24, 2.45) is 0 Å². The largest absolute Gasteiger partial charge is 0.480 e. The van der Waals surface area contributed by atoms with E-state index in [2.05, 4.69) is 4.98 Å². The van der Waals surface area contributed by atoms with Crippen LogP contribution in [0.15, 0.2) is 17.5 Å². The normalized spacial score (nSPS) is 10.4. The molecule has 0 radical (unpaired) electrons. The first kappa shape index (κ1) is 7.36. The number of pyridine rings is 1. The van der Waals surface area contributed by atoms with Crippen molar-refractivity contribution in [2.75, 3.05) is 12.8 Å². The molecule has 0 spiro atoms. The molecule has 2 rings (SSSR count). The molecule has 0 aliphatic carbocycles. The van der Waals surface area contributed by atoms with Gasteiger partial charge in [-0.15, -0.1) is 11.3 Å². The van der Waals surface area contributed by atoms with Crippen LogP contribution in [0.25, 0.3) is 10.2 Å². The van der Waals surface area contributed by atoms with Gasteiger partial charge in [0, 0.05) is 0 Å². The maximum absolute atomic E-state index is 5.68. The molecular formula is C8H8N2OS. The summed E-state index contributed by atoms with van der Waals surface area (Å²) in [7, 11) is 1.57. The second-order valence-corrected chi connectivity index (χ2v) is 3.34. The van der Waals surface area contributed by atoms with Gasteiger partial charge in [0.05, 0.1) is 23.0 Å². The van der Waals surface area contributed by atoms with Crippen molar-refractivity contribution in [3.05, 3.63) is 17.5 Å². The van der Waals surface area contributed by atoms with Gasteiger partial charge in [0.25, 0.3) is 0 Å². The molecule has 0 saturated heterocycles. The van der Waals surface area contributed by atoms with Gasteiger partial charge in [-0.05, 0) is 17.5 Å². The number of fused-ring (bicyclic) bond motifs is 1. The van der Waals surface area contributed by atoms with Gasteiger partial charge in [-0.3, -0.25) is 0 Å². The smallest absolute Gasteiger partial charge is 0.237 e. The average Bonchev–Trinajstić information content (AvgIpc) is 2.49. The first-order valence-electron chi connectivity index (χ1n) is 3.49. The molecule has 0 aliphatic heterocycles. The number of hydrogen-bond acceptors (Lipinski definition) is 4. The summed E-state index contributed by atoms with van der Waals surface area (Å²) in [6.45, 7) is 0. The zero-order valence-electron chi connectivity index (χ0n) is 6.57. The van der Waals surface area contributed by atoms with E-state index in [1.54, 1.807) is 18.4 Å². The number of methoxy groups -OCH3 is 1. The van der Waals surface area contributed by atoms with Crippen molar-refractivity contribution in [1.29, 1.82) is 0 Å². The lowest BCUT2D eigenvalue weighted by Crippen LogP contribution is -1.94. The topological polar surface area (TPSA) is 48.1 Å². The van der Waals surface area contributed by atoms with Crippen LogP contribution in [-0.2, 0) is 0 Å². The standard InChI is InChI=1S/C8H8N2OS/c1-11-8-5(9)4-7-6(10-8)2-3-12-7/h2-4H,9H2,1H3. The Morgan fingerprint density at radius 2 is 2.42 bits per heavy atom. The molecular weight excluding hydrogens is 172 g/mol. The summed E-state index contributed by atoms with van der Waals surface area (Å²) in [5, 5.41) is 1.98. The van der Waals surface area contributed by atoms with Crippen molar-refractivity contribution in [2.45, 2.75) is 0 Å². The predicted molar refractivity (Wildman–Crippen MR) is 50.6 cm³/mol. The Kier molecular flexibility index (Phi) is 1.62. The minimum Gasteiger partial charge on any atom is -0.480 e. The molecule has 4 heteroatoms. The molecule has 0 unspecified atom stereocenters. The molecule has 0 fully saturated rings. The Morgan fingerprint density at radius 1 is 1.58 bits per heavy atom. The highest BCUT2D eigenvalue weighted by molar-refractivity contribution is 7.17. The molecule has 62 valence electrons. The van der Waals surface area contributed by atoms with Crippen LogP contribution < -0.4 is 10.5 Å². The fourth-order valence-electron chi connectivity index (χ4n) is 1.06. The van der Waals surface area contributed by atoms with Gasteiger partial charge >= 0.3 is 0 Å². The van der Waals surface area contributed by atoms with Gasteiger partial charge in [0.1, 0.15) is 0 Å². The third kappa shape index (κ3) is 1.00. The molecule has 0 bridgehead atoms. The lowest BCUT2D eigenvalue weighted by Gasteiger charge is -2.01. The molecule has 0 aromatic carbocycles. The number of hydrogen-bond donors (Lipinski definition) is 1. The van der Waals surface area contributed by atoms with E-state index in [0.29, 0.717) is 11.6 Å². The van der Waals surface area contributed by atoms with E-state index in [1.807, 2.05) is 17.5 Å². The quantitative estimate of drug-likeness (QED) is 0.729. The monoisotopic (exact) mass is 180 g/mol. The van der Waals surface area contributed by atoms with Crippen LogP contribution in [0.2, 0.25) is 0 Å². The molecule has 2 aromatic heterocycles. The van der Waals surface area contributed by atoms with Gasteiger partial charge < -0.3 is 10.5 Å². The zero-order chi connectivity index (χ0) is 8.55. The number of thiophene rings is 1. The Hall–Kier alpha value is -1.29. The summed E-state index contributed by atoms with van der Waals surface area (Å²) < 4.78 is 6.08. The molecule has 3 nitrogen and oxygen atoms in total. The van der Waals surface area contributed by atoms with Gasteiger partial charge in [-0.2, -0.15) is 0 Å². The fraction of sp³-hybridized carbons (Fsp3) is 0.125. The number of nitrogens with two attached hydrogens (primary N) is 1. The van der Waals surface area contributed by atoms with E-state index in [4.69, 9.17) is 10.5 Å². The number of aromatic nitrogens is 1. The summed E-state index contributed by atoms with van der Waals surface area (Å²) >= 11 is 1.62. The molecule has 0 atom stereocenters. The van der Waals surface area contributed by atoms with Crippen LogP contribution in [0.4, 0.5) is 5.69 Å². The first-order chi connectivity index (χ1) is 5.81. The van der Waals surface area contributed by atoms with E-state index < -0.39 is 0 Å². The predicted octanol–water partition coefficient (Wildman–Crippen LogP) is 1.89. The van der Waals surface area contributed by atoms with E-state index in [-0.39, 0.29) is 0 Å². The first-order valence-corrected chi connectivity index (χ1v) is 4.37. The molecule has 2 N–H and O–H groups in total. The highest BCUT2D eigenvalue weighted by Crippen LogP contribution is 2.27. The van der Waals surface area contributed by atoms with Crippen LogP contribution in [0, 0.1) is 0 Å². The Labute approximate surface area is 73.8 Å². The van der Waals surface area contributed by atoms with Crippen LogP contribution in [0.5, 0.6) is 5.88 Å². The number of nitrogens with zero attached hydrogens (tertiary/aromatic N) is 1. The van der Waals surface area contributed by atoms with Gasteiger partial charge in [-0.25, -0.2) is 4.98 Å². The summed E-state index contributed by atoms with van der Waals surface area (Å²) in [5.74, 6) is 0.501. The summed E-state index contributed by atoms with van der Waals surface area (Å²) in [6.07, 6.45) is 0. The maximum Gasteiger partial charge on any atom is 0.237 e. The Balaban J connectivity index is 2.73. The van der Waals surface area contributed by atoms with Gasteiger partial charge in [0.2, 0.25) is 5.88 Å². The van der Waals surface area contributed by atoms with Crippen LogP contribution >= 0.6 is 11.3 Å². The highest BCUT2D eigenvalue weighted by Gasteiger charge is 2.03. The van der Waals surface area contributed by atoms with Crippen molar-refractivity contribution in [1.82, 2.24) is 4.98 Å². The SMILES string of the molecule is COc1nc2ccsc2cc1N. The summed E-state index contributed by atoms with van der Waals surface area (Å²) in [4.78, 5) is 4.22. The second-order valence-electron chi connectivity index (χ2n) is 2.39. The second kappa shape index (κ2) is 2.64. The molecule has 12 heavy (non-hydrogen) atoms. The van der Waals surface area contributed by atoms with E-state index in [9.17, 15) is 0 Å². The summed E-state index contributed by atoms with van der Waals surface area (Å²) in [5.41, 5.74) is 7.20. The number of ether oxygens (including phenoxy) is 1. The minimum absolute atomic E-state index is 0.501. The number of anilines is 1. The number of rotatable bonds is 1.